The first kappa shape index (κ1) is 16.9. The van der Waals surface area contributed by atoms with Gasteiger partial charge in [-0.15, -0.1) is 11.8 Å². The highest BCUT2D eigenvalue weighted by Gasteiger charge is 2.41. The monoisotopic (exact) mass is 379 g/mol. The Labute approximate surface area is 160 Å². The highest BCUT2D eigenvalue weighted by molar-refractivity contribution is 8.00. The summed E-state index contributed by atoms with van der Waals surface area (Å²) >= 11 is 7.58. The van der Waals surface area contributed by atoms with Gasteiger partial charge in [-0.3, -0.25) is 9.59 Å². The fourth-order valence-corrected chi connectivity index (χ4v) is 4.27. The van der Waals surface area contributed by atoms with Crippen LogP contribution in [0.5, 0.6) is 0 Å². The van der Waals surface area contributed by atoms with Crippen molar-refractivity contribution in [1.29, 1.82) is 0 Å². The highest BCUT2D eigenvalue weighted by atomic mass is 35.5. The van der Waals surface area contributed by atoms with Gasteiger partial charge in [-0.05, 0) is 42.5 Å². The summed E-state index contributed by atoms with van der Waals surface area (Å²) in [6, 6.07) is 23.7. The summed E-state index contributed by atoms with van der Waals surface area (Å²) in [5.41, 5.74) is 1.84. The van der Waals surface area contributed by atoms with E-state index in [0.29, 0.717) is 16.3 Å². The van der Waals surface area contributed by atoms with Crippen molar-refractivity contribution in [3.8, 4) is 0 Å². The number of anilines is 1. The molecule has 1 aliphatic rings. The molecule has 2 amide bonds. The Morgan fingerprint density at radius 2 is 1.58 bits per heavy atom. The first-order chi connectivity index (χ1) is 12.6. The molecule has 0 saturated heterocycles. The maximum Gasteiger partial charge on any atom is 0.265 e. The first-order valence-electron chi connectivity index (χ1n) is 8.09. The second-order valence-electron chi connectivity index (χ2n) is 5.86. The maximum atomic E-state index is 13.1. The van der Waals surface area contributed by atoms with Crippen LogP contribution in [-0.4, -0.2) is 11.8 Å². The number of carbonyl (C=O) groups is 2. The smallest absolute Gasteiger partial charge is 0.265 e. The number of fused-ring (bicyclic) bond motifs is 1. The van der Waals surface area contributed by atoms with Gasteiger partial charge < -0.3 is 0 Å². The first-order valence-corrected chi connectivity index (χ1v) is 9.35. The van der Waals surface area contributed by atoms with E-state index in [9.17, 15) is 9.59 Å². The lowest BCUT2D eigenvalue weighted by molar-refractivity contribution is -0.117. The van der Waals surface area contributed by atoms with Gasteiger partial charge in [0.05, 0.1) is 5.69 Å². The van der Waals surface area contributed by atoms with E-state index in [1.807, 2.05) is 36.4 Å². The summed E-state index contributed by atoms with van der Waals surface area (Å²) in [6.45, 7) is 0. The third-order valence-corrected chi connectivity index (χ3v) is 5.65. The molecule has 1 aliphatic heterocycles. The van der Waals surface area contributed by atoms with Crippen LogP contribution in [0.2, 0.25) is 5.02 Å². The van der Waals surface area contributed by atoms with Crippen molar-refractivity contribution in [2.24, 2.45) is 0 Å². The lowest BCUT2D eigenvalue weighted by atomic mass is 10.1. The van der Waals surface area contributed by atoms with Gasteiger partial charge in [0.1, 0.15) is 5.25 Å². The van der Waals surface area contributed by atoms with E-state index in [1.165, 1.54) is 16.7 Å². The molecule has 3 aromatic carbocycles. The van der Waals surface area contributed by atoms with Crippen molar-refractivity contribution in [2.45, 2.75) is 10.1 Å². The minimum Gasteiger partial charge on any atom is -0.272 e. The fourth-order valence-electron chi connectivity index (χ4n) is 2.98. The molecule has 128 valence electrons. The molecule has 0 fully saturated rings. The van der Waals surface area contributed by atoms with Crippen molar-refractivity contribution in [2.75, 3.05) is 4.90 Å². The van der Waals surface area contributed by atoms with E-state index in [0.717, 1.165) is 10.5 Å². The second-order valence-corrected chi connectivity index (χ2v) is 7.47. The van der Waals surface area contributed by atoms with Crippen LogP contribution >= 0.6 is 23.4 Å². The van der Waals surface area contributed by atoms with Crippen LogP contribution in [0, 0.1) is 0 Å². The number of halogens is 1. The molecular formula is C21H14ClNO2S. The molecule has 0 aromatic heterocycles. The van der Waals surface area contributed by atoms with Crippen LogP contribution < -0.4 is 4.90 Å². The molecule has 0 radical (unpaired) electrons. The second kappa shape index (κ2) is 6.98. The number of amides is 2. The van der Waals surface area contributed by atoms with Gasteiger partial charge in [0.25, 0.3) is 11.8 Å². The zero-order valence-electron chi connectivity index (χ0n) is 13.6. The highest BCUT2D eigenvalue weighted by Crippen LogP contribution is 2.47. The van der Waals surface area contributed by atoms with Crippen molar-refractivity contribution in [1.82, 2.24) is 0 Å². The van der Waals surface area contributed by atoms with Gasteiger partial charge in [0, 0.05) is 21.0 Å². The predicted molar refractivity (Wildman–Crippen MR) is 105 cm³/mol. The molecule has 4 rings (SSSR count). The Morgan fingerprint density at radius 3 is 2.27 bits per heavy atom. The number of carbonyl (C=O) groups excluding carboxylic acids is 2. The van der Waals surface area contributed by atoms with Crippen molar-refractivity contribution in [3.05, 3.63) is 95.0 Å². The summed E-state index contributed by atoms with van der Waals surface area (Å²) in [6.07, 6.45) is 0. The maximum absolute atomic E-state index is 13.1. The van der Waals surface area contributed by atoms with Crippen molar-refractivity contribution < 1.29 is 9.59 Å². The van der Waals surface area contributed by atoms with E-state index in [-0.39, 0.29) is 11.8 Å². The molecule has 1 atom stereocenters. The fraction of sp³-hybridized carbons (Fsp3) is 0.0476. The summed E-state index contributed by atoms with van der Waals surface area (Å²) in [5.74, 6) is -0.569. The van der Waals surface area contributed by atoms with E-state index < -0.39 is 5.25 Å². The van der Waals surface area contributed by atoms with Gasteiger partial charge >= 0.3 is 0 Å². The summed E-state index contributed by atoms with van der Waals surface area (Å²) in [4.78, 5) is 28.3. The molecule has 0 N–H and O–H groups in total. The Balaban J connectivity index is 1.76. The van der Waals surface area contributed by atoms with Gasteiger partial charge in [0.15, 0.2) is 0 Å². The molecule has 1 unspecified atom stereocenters. The predicted octanol–water partition coefficient (Wildman–Crippen LogP) is 5.36. The van der Waals surface area contributed by atoms with Crippen molar-refractivity contribution in [3.63, 3.8) is 0 Å². The van der Waals surface area contributed by atoms with Gasteiger partial charge in [0.2, 0.25) is 0 Å². The van der Waals surface area contributed by atoms with Crippen molar-refractivity contribution >= 4 is 40.9 Å². The number of rotatable bonds is 3. The zero-order valence-corrected chi connectivity index (χ0v) is 15.2. The van der Waals surface area contributed by atoms with Crippen LogP contribution in [-0.2, 0) is 4.79 Å². The molecule has 26 heavy (non-hydrogen) atoms. The van der Waals surface area contributed by atoms with E-state index in [4.69, 9.17) is 11.6 Å². The number of nitrogens with zero attached hydrogens (tertiary/aromatic N) is 1. The van der Waals surface area contributed by atoms with Crippen LogP contribution in [0.4, 0.5) is 5.69 Å². The number of benzene rings is 3. The molecule has 5 heteroatoms. The summed E-state index contributed by atoms with van der Waals surface area (Å²) in [5, 5.41) is 0.0444. The summed E-state index contributed by atoms with van der Waals surface area (Å²) in [7, 11) is 0. The van der Waals surface area contributed by atoms with Crippen LogP contribution in [0.15, 0.2) is 83.8 Å². The Kier molecular flexibility index (Phi) is 4.53. The van der Waals surface area contributed by atoms with E-state index in [1.54, 1.807) is 42.5 Å². The summed E-state index contributed by atoms with van der Waals surface area (Å²) < 4.78 is 0. The molecule has 3 aromatic rings. The minimum absolute atomic E-state index is 0.245. The topological polar surface area (TPSA) is 37.4 Å². The molecule has 1 heterocycles. The number of imide groups is 1. The van der Waals surface area contributed by atoms with Gasteiger partial charge in [-0.2, -0.15) is 0 Å². The third kappa shape index (κ3) is 3.02. The number of hydrogen-bond donors (Lipinski definition) is 0. The molecule has 0 aliphatic carbocycles. The Hall–Kier alpha value is -2.56. The quantitative estimate of drug-likeness (QED) is 0.575. The molecular weight excluding hydrogens is 366 g/mol. The molecule has 0 saturated carbocycles. The Bertz CT molecular complexity index is 976. The van der Waals surface area contributed by atoms with Gasteiger partial charge in [-0.1, -0.05) is 48.0 Å². The van der Waals surface area contributed by atoms with E-state index in [2.05, 4.69) is 0 Å². The average molecular weight is 380 g/mol. The van der Waals surface area contributed by atoms with Gasteiger partial charge in [-0.25, -0.2) is 4.90 Å². The van der Waals surface area contributed by atoms with Crippen LogP contribution in [0.25, 0.3) is 0 Å². The standard InChI is InChI=1S/C21H14ClNO2S/c22-15-11-12-18-17(13-15)19(26-16-9-5-2-6-10-16)21(25)23(18)20(24)14-7-3-1-4-8-14/h1-13,19H. The third-order valence-electron chi connectivity index (χ3n) is 4.18. The number of hydrogen-bond acceptors (Lipinski definition) is 3. The molecule has 0 spiro atoms. The lowest BCUT2D eigenvalue weighted by Crippen LogP contribution is -2.34. The minimum atomic E-state index is -0.501. The molecule has 0 bridgehead atoms. The van der Waals surface area contributed by atoms with Crippen LogP contribution in [0.1, 0.15) is 21.2 Å². The average Bonchev–Trinajstić information content (AvgIpc) is 2.94. The largest absolute Gasteiger partial charge is 0.272 e. The lowest BCUT2D eigenvalue weighted by Gasteiger charge is -2.16. The molecule has 3 nitrogen and oxygen atoms in total. The SMILES string of the molecule is O=C(c1ccccc1)N1C(=O)C(Sc2ccccc2)c2cc(Cl)ccc21. The number of thioether (sulfide) groups is 1. The normalized spacial score (nSPS) is 15.8. The van der Waals surface area contributed by atoms with Crippen LogP contribution in [0.3, 0.4) is 0 Å². The zero-order chi connectivity index (χ0) is 18.1. The van der Waals surface area contributed by atoms with E-state index >= 15 is 0 Å². The Morgan fingerprint density at radius 1 is 0.923 bits per heavy atom.